The number of carbonyl (C=O) groups is 2. The third-order valence-electron chi connectivity index (χ3n) is 6.04. The van der Waals surface area contributed by atoms with E-state index in [2.05, 4.69) is 15.1 Å². The lowest BCUT2D eigenvalue weighted by Crippen LogP contribution is -2.34. The van der Waals surface area contributed by atoms with Crippen LogP contribution in [0.25, 0.3) is 11.1 Å². The van der Waals surface area contributed by atoms with Gasteiger partial charge in [-0.15, -0.1) is 0 Å². The lowest BCUT2D eigenvalue weighted by atomic mass is 10.1. The number of carbonyl (C=O) groups excluding carboxylic acids is 2. The number of nitrogens with zero attached hydrogens (tertiary/aromatic N) is 2. The van der Waals surface area contributed by atoms with Crippen LogP contribution in [-0.2, 0) is 14.8 Å². The summed E-state index contributed by atoms with van der Waals surface area (Å²) >= 11 is 0. The van der Waals surface area contributed by atoms with Gasteiger partial charge in [-0.05, 0) is 37.5 Å². The third kappa shape index (κ3) is 4.42. The lowest BCUT2D eigenvalue weighted by Gasteiger charge is -2.18. The predicted octanol–water partition coefficient (Wildman–Crippen LogP) is 3.24. The number of hydrogen-bond acceptors (Lipinski definition) is 6. The first-order valence-corrected chi connectivity index (χ1v) is 12.4. The zero-order valence-electron chi connectivity index (χ0n) is 18.3. The SMILES string of the molecule is COc1ccc(-c2c(C)nn3c2NC(=O)CCC3=O)cc1S(=O)(=O)NC1CCCCCC1. The van der Waals surface area contributed by atoms with Crippen LogP contribution in [0.1, 0.15) is 61.9 Å². The van der Waals surface area contributed by atoms with Crippen LogP contribution >= 0.6 is 0 Å². The van der Waals surface area contributed by atoms with Gasteiger partial charge in [0, 0.05) is 24.4 Å². The quantitative estimate of drug-likeness (QED) is 0.661. The summed E-state index contributed by atoms with van der Waals surface area (Å²) < 4.78 is 36.0. The summed E-state index contributed by atoms with van der Waals surface area (Å²) in [6.07, 6.45) is 6.00. The molecule has 1 aromatic heterocycles. The van der Waals surface area contributed by atoms with Crippen molar-refractivity contribution in [2.24, 2.45) is 0 Å². The van der Waals surface area contributed by atoms with Crippen LogP contribution in [0.4, 0.5) is 5.82 Å². The molecule has 1 aliphatic heterocycles. The van der Waals surface area contributed by atoms with Gasteiger partial charge in [0.05, 0.1) is 12.8 Å². The molecule has 2 N–H and O–H groups in total. The molecule has 0 radical (unpaired) electrons. The van der Waals surface area contributed by atoms with Gasteiger partial charge in [0.2, 0.25) is 21.8 Å². The van der Waals surface area contributed by atoms with Crippen molar-refractivity contribution in [2.75, 3.05) is 12.4 Å². The number of ether oxygens (including phenoxy) is 1. The Hall–Kier alpha value is -2.72. The molecule has 0 spiro atoms. The summed E-state index contributed by atoms with van der Waals surface area (Å²) in [5.41, 5.74) is 1.56. The molecule has 2 aromatic rings. The maximum absolute atomic E-state index is 13.3. The average Bonchev–Trinajstić information content (AvgIpc) is 2.90. The number of rotatable bonds is 5. The molecule has 4 rings (SSSR count). The number of hydrogen-bond donors (Lipinski definition) is 2. The molecule has 1 amide bonds. The highest BCUT2D eigenvalue weighted by Gasteiger charge is 2.29. The minimum atomic E-state index is -3.85. The highest BCUT2D eigenvalue weighted by Crippen LogP contribution is 2.37. The predicted molar refractivity (Wildman–Crippen MR) is 119 cm³/mol. The fraction of sp³-hybridized carbons (Fsp3) is 0.500. The van der Waals surface area contributed by atoms with E-state index in [9.17, 15) is 18.0 Å². The Morgan fingerprint density at radius 3 is 2.53 bits per heavy atom. The first-order chi connectivity index (χ1) is 15.3. The van der Waals surface area contributed by atoms with Crippen LogP contribution in [0.3, 0.4) is 0 Å². The van der Waals surface area contributed by atoms with Crippen molar-refractivity contribution >= 4 is 27.7 Å². The highest BCUT2D eigenvalue weighted by molar-refractivity contribution is 7.89. The number of anilines is 1. The van der Waals surface area contributed by atoms with Crippen molar-refractivity contribution < 1.29 is 22.7 Å². The van der Waals surface area contributed by atoms with Crippen molar-refractivity contribution in [3.8, 4) is 16.9 Å². The van der Waals surface area contributed by atoms with Crippen LogP contribution in [0.2, 0.25) is 0 Å². The van der Waals surface area contributed by atoms with E-state index in [-0.39, 0.29) is 47.2 Å². The molecule has 32 heavy (non-hydrogen) atoms. The first-order valence-electron chi connectivity index (χ1n) is 10.9. The van der Waals surface area contributed by atoms with Gasteiger partial charge < -0.3 is 10.1 Å². The van der Waals surface area contributed by atoms with Crippen molar-refractivity contribution in [1.82, 2.24) is 14.5 Å². The Labute approximate surface area is 187 Å². The third-order valence-corrected chi connectivity index (χ3v) is 7.58. The van der Waals surface area contributed by atoms with E-state index in [1.54, 1.807) is 19.1 Å². The number of sulfonamides is 1. The molecule has 0 unspecified atom stereocenters. The number of aryl methyl sites for hydroxylation is 1. The van der Waals surface area contributed by atoms with Crippen LogP contribution in [-0.4, -0.2) is 43.2 Å². The van der Waals surface area contributed by atoms with Crippen molar-refractivity contribution in [3.63, 3.8) is 0 Å². The summed E-state index contributed by atoms with van der Waals surface area (Å²) in [4.78, 5) is 24.6. The second-order valence-electron chi connectivity index (χ2n) is 8.34. The number of amides is 1. The second kappa shape index (κ2) is 9.03. The van der Waals surface area contributed by atoms with Gasteiger partial charge in [-0.25, -0.2) is 13.1 Å². The monoisotopic (exact) mass is 460 g/mol. The van der Waals surface area contributed by atoms with Crippen LogP contribution in [0, 0.1) is 6.92 Å². The molecular formula is C22H28N4O5S. The molecule has 0 bridgehead atoms. The fourth-order valence-electron chi connectivity index (χ4n) is 4.41. The van der Waals surface area contributed by atoms with E-state index in [0.717, 1.165) is 38.5 Å². The summed E-state index contributed by atoms with van der Waals surface area (Å²) in [6, 6.07) is 4.70. The van der Waals surface area contributed by atoms with E-state index >= 15 is 0 Å². The first kappa shape index (κ1) is 22.5. The molecule has 9 nitrogen and oxygen atoms in total. The van der Waals surface area contributed by atoms with Gasteiger partial charge in [0.15, 0.2) is 0 Å². The van der Waals surface area contributed by atoms with Crippen LogP contribution < -0.4 is 14.8 Å². The van der Waals surface area contributed by atoms with Crippen LogP contribution in [0.5, 0.6) is 5.75 Å². The van der Waals surface area contributed by atoms with Crippen molar-refractivity contribution in [3.05, 3.63) is 23.9 Å². The second-order valence-corrected chi connectivity index (χ2v) is 10.0. The van der Waals surface area contributed by atoms with E-state index in [0.29, 0.717) is 16.8 Å². The van der Waals surface area contributed by atoms with E-state index in [4.69, 9.17) is 4.74 Å². The number of benzene rings is 1. The Morgan fingerprint density at radius 1 is 1.12 bits per heavy atom. The van der Waals surface area contributed by atoms with Gasteiger partial charge in [-0.1, -0.05) is 31.7 Å². The van der Waals surface area contributed by atoms with Gasteiger partial charge in [0.1, 0.15) is 16.5 Å². The molecule has 1 fully saturated rings. The maximum atomic E-state index is 13.3. The summed E-state index contributed by atoms with van der Waals surface area (Å²) in [5, 5.41) is 7.04. The Kier molecular flexibility index (Phi) is 6.34. The minimum absolute atomic E-state index is 0.0207. The Morgan fingerprint density at radius 2 is 1.84 bits per heavy atom. The molecule has 2 heterocycles. The van der Waals surface area contributed by atoms with Gasteiger partial charge in [-0.3, -0.25) is 9.59 Å². The van der Waals surface area contributed by atoms with Crippen molar-refractivity contribution in [1.29, 1.82) is 0 Å². The summed E-state index contributed by atoms with van der Waals surface area (Å²) in [5.74, 6) is -0.0788. The van der Waals surface area contributed by atoms with Gasteiger partial charge >= 0.3 is 0 Å². The summed E-state index contributed by atoms with van der Waals surface area (Å²) in [6.45, 7) is 1.72. The average molecular weight is 461 g/mol. The van der Waals surface area contributed by atoms with E-state index in [1.165, 1.54) is 17.9 Å². The smallest absolute Gasteiger partial charge is 0.249 e. The molecule has 10 heteroatoms. The van der Waals surface area contributed by atoms with Gasteiger partial charge in [0.25, 0.3) is 0 Å². The van der Waals surface area contributed by atoms with Gasteiger partial charge in [-0.2, -0.15) is 9.78 Å². The number of aromatic nitrogens is 2. The topological polar surface area (TPSA) is 119 Å². The number of methoxy groups -OCH3 is 1. The molecule has 0 saturated heterocycles. The molecule has 1 aromatic carbocycles. The maximum Gasteiger partial charge on any atom is 0.249 e. The Bertz CT molecular complexity index is 1150. The molecule has 0 atom stereocenters. The van der Waals surface area contributed by atoms with E-state index in [1.807, 2.05) is 0 Å². The Balaban J connectivity index is 1.76. The minimum Gasteiger partial charge on any atom is -0.495 e. The molecule has 1 saturated carbocycles. The number of fused-ring (bicyclic) bond motifs is 1. The number of nitrogens with one attached hydrogen (secondary N) is 2. The highest BCUT2D eigenvalue weighted by atomic mass is 32.2. The van der Waals surface area contributed by atoms with Crippen LogP contribution in [0.15, 0.2) is 23.1 Å². The molecule has 172 valence electrons. The standard InChI is InChI=1S/C22H28N4O5S/c1-14-21(22-23-19(27)11-12-20(28)26(22)24-14)15-9-10-17(31-2)18(13-15)32(29,30)25-16-7-5-3-4-6-8-16/h9-10,13,16,25H,3-8,11-12H2,1-2H3,(H,23,27). The zero-order valence-corrected chi connectivity index (χ0v) is 19.1. The molecular weight excluding hydrogens is 432 g/mol. The fourth-order valence-corrected chi connectivity index (χ4v) is 5.91. The molecule has 2 aliphatic rings. The normalized spacial score (nSPS) is 17.9. The molecule has 1 aliphatic carbocycles. The van der Waals surface area contributed by atoms with Crippen molar-refractivity contribution in [2.45, 2.75) is 69.2 Å². The summed E-state index contributed by atoms with van der Waals surface area (Å²) in [7, 11) is -2.43. The largest absolute Gasteiger partial charge is 0.495 e. The zero-order chi connectivity index (χ0) is 22.9. The lowest BCUT2D eigenvalue weighted by molar-refractivity contribution is -0.116. The van der Waals surface area contributed by atoms with E-state index < -0.39 is 10.0 Å².